The van der Waals surface area contributed by atoms with Crippen LogP contribution in [0.5, 0.6) is 0 Å². The molecule has 16 heavy (non-hydrogen) atoms. The van der Waals surface area contributed by atoms with E-state index in [2.05, 4.69) is 4.72 Å². The topological polar surface area (TPSA) is 63.2 Å². The van der Waals surface area contributed by atoms with Crippen LogP contribution in [0, 0.1) is 0 Å². The lowest BCUT2D eigenvalue weighted by Gasteiger charge is -2.08. The molecule has 0 saturated heterocycles. The fourth-order valence-corrected chi connectivity index (χ4v) is 1.76. The zero-order valence-corrected chi connectivity index (χ0v) is 9.62. The van der Waals surface area contributed by atoms with E-state index in [1.54, 1.807) is 37.5 Å². The van der Waals surface area contributed by atoms with Gasteiger partial charge in [-0.25, -0.2) is 8.42 Å². The molecule has 1 aromatic carbocycles. The highest BCUT2D eigenvalue weighted by molar-refractivity contribution is 7.92. The van der Waals surface area contributed by atoms with Crippen LogP contribution in [0.4, 0.5) is 5.69 Å². The number of benzene rings is 1. The van der Waals surface area contributed by atoms with E-state index in [0.29, 0.717) is 11.3 Å². The molecule has 1 radical (unpaired) electrons. The number of sulfonamides is 1. The highest BCUT2D eigenvalue weighted by atomic mass is 32.2. The van der Waals surface area contributed by atoms with Gasteiger partial charge in [0.2, 0.25) is 16.3 Å². The van der Waals surface area contributed by atoms with Crippen molar-refractivity contribution in [1.82, 2.24) is 0 Å². The number of carbonyl (C=O) groups excluding carboxylic acids is 1. The first-order chi connectivity index (χ1) is 7.59. The van der Waals surface area contributed by atoms with Crippen LogP contribution >= 0.6 is 0 Å². The quantitative estimate of drug-likeness (QED) is 0.792. The molecule has 0 bridgehead atoms. The van der Waals surface area contributed by atoms with Crippen molar-refractivity contribution in [2.45, 2.75) is 6.92 Å². The highest BCUT2D eigenvalue weighted by Gasteiger charge is 2.08. The molecule has 0 spiro atoms. The second kappa shape index (κ2) is 5.46. The summed E-state index contributed by atoms with van der Waals surface area (Å²) in [5, 5.41) is 0. The minimum absolute atomic E-state index is 0.00482. The Morgan fingerprint density at radius 3 is 2.69 bits per heavy atom. The molecule has 0 aliphatic rings. The van der Waals surface area contributed by atoms with Crippen molar-refractivity contribution in [2.75, 3.05) is 10.5 Å². The summed E-state index contributed by atoms with van der Waals surface area (Å²) in [7, 11) is -3.30. The van der Waals surface area contributed by atoms with Gasteiger partial charge < -0.3 is 0 Å². The monoisotopic (exact) mass is 238 g/mol. The molecule has 85 valence electrons. The molecule has 0 aliphatic carbocycles. The molecule has 0 saturated carbocycles. The third-order valence-corrected chi connectivity index (χ3v) is 3.23. The molecule has 0 fully saturated rings. The maximum Gasteiger partial charge on any atom is 0.232 e. The van der Waals surface area contributed by atoms with E-state index in [9.17, 15) is 13.2 Å². The van der Waals surface area contributed by atoms with Crippen molar-refractivity contribution in [2.24, 2.45) is 0 Å². The summed E-state index contributed by atoms with van der Waals surface area (Å²) in [6.45, 7) is 1.56. The molecule has 0 aromatic heterocycles. The van der Waals surface area contributed by atoms with E-state index in [4.69, 9.17) is 0 Å². The Balaban J connectivity index is 3.04. The molecular formula is C11H12NO3S. The Morgan fingerprint density at radius 1 is 1.38 bits per heavy atom. The van der Waals surface area contributed by atoms with Gasteiger partial charge in [-0.2, -0.15) is 0 Å². The van der Waals surface area contributed by atoms with Crippen LogP contribution in [0.3, 0.4) is 0 Å². The van der Waals surface area contributed by atoms with E-state index in [1.165, 1.54) is 12.2 Å². The summed E-state index contributed by atoms with van der Waals surface area (Å²) in [5.41, 5.74) is 1.08. The third kappa shape index (κ3) is 3.51. The fourth-order valence-electron chi connectivity index (χ4n) is 1.10. The minimum Gasteiger partial charge on any atom is -0.286 e. The van der Waals surface area contributed by atoms with Gasteiger partial charge in [-0.05, 0) is 30.7 Å². The zero-order valence-electron chi connectivity index (χ0n) is 8.80. The average Bonchev–Trinajstić information content (AvgIpc) is 2.27. The zero-order chi connectivity index (χ0) is 12.0. The van der Waals surface area contributed by atoms with Crippen molar-refractivity contribution in [3.05, 3.63) is 35.9 Å². The number of nitrogens with one attached hydrogen (secondary N) is 1. The van der Waals surface area contributed by atoms with Gasteiger partial charge in [0.15, 0.2) is 0 Å². The molecule has 1 rings (SSSR count). The fraction of sp³-hybridized carbons (Fsp3) is 0.182. The first-order valence-electron chi connectivity index (χ1n) is 4.73. The van der Waals surface area contributed by atoms with Gasteiger partial charge in [0.25, 0.3) is 0 Å². The van der Waals surface area contributed by atoms with Crippen LogP contribution in [0.1, 0.15) is 12.5 Å². The van der Waals surface area contributed by atoms with Gasteiger partial charge in [-0.1, -0.05) is 18.2 Å². The van der Waals surface area contributed by atoms with Crippen molar-refractivity contribution in [3.8, 4) is 0 Å². The molecular weight excluding hydrogens is 226 g/mol. The van der Waals surface area contributed by atoms with Crippen LogP contribution in [-0.2, 0) is 14.8 Å². The SMILES string of the molecule is CCS(=O)(=O)Nc1ccccc1/C=C/[C]=O. The predicted octanol–water partition coefficient (Wildman–Crippen LogP) is 1.57. The van der Waals surface area contributed by atoms with Gasteiger partial charge in [-0.3, -0.25) is 9.52 Å². The highest BCUT2D eigenvalue weighted by Crippen LogP contribution is 2.17. The minimum atomic E-state index is -3.30. The number of para-hydroxylation sites is 1. The summed E-state index contributed by atoms with van der Waals surface area (Å²) in [6, 6.07) is 6.82. The lowest BCUT2D eigenvalue weighted by atomic mass is 10.2. The van der Waals surface area contributed by atoms with Crippen molar-refractivity contribution in [3.63, 3.8) is 0 Å². The summed E-state index contributed by atoms with van der Waals surface area (Å²) >= 11 is 0. The molecule has 0 aliphatic heterocycles. The molecule has 0 heterocycles. The van der Waals surface area contributed by atoms with Gasteiger partial charge in [0.1, 0.15) is 0 Å². The van der Waals surface area contributed by atoms with Crippen LogP contribution < -0.4 is 4.72 Å². The van der Waals surface area contributed by atoms with E-state index >= 15 is 0 Å². The largest absolute Gasteiger partial charge is 0.286 e. The van der Waals surface area contributed by atoms with Crippen LogP contribution in [0.15, 0.2) is 30.3 Å². The lowest BCUT2D eigenvalue weighted by Crippen LogP contribution is -2.15. The maximum atomic E-state index is 11.4. The second-order valence-corrected chi connectivity index (χ2v) is 5.05. The summed E-state index contributed by atoms with van der Waals surface area (Å²) in [6.07, 6.45) is 4.31. The second-order valence-electron chi connectivity index (χ2n) is 3.04. The van der Waals surface area contributed by atoms with Crippen LogP contribution in [0.25, 0.3) is 6.08 Å². The Morgan fingerprint density at radius 2 is 2.06 bits per heavy atom. The van der Waals surface area contributed by atoms with E-state index in [1.807, 2.05) is 0 Å². The first kappa shape index (κ1) is 12.4. The van der Waals surface area contributed by atoms with E-state index in [-0.39, 0.29) is 5.75 Å². The molecule has 5 heteroatoms. The van der Waals surface area contributed by atoms with Crippen LogP contribution in [0.2, 0.25) is 0 Å². The number of hydrogen-bond donors (Lipinski definition) is 1. The predicted molar refractivity (Wildman–Crippen MR) is 64.3 cm³/mol. The van der Waals surface area contributed by atoms with Crippen molar-refractivity contribution < 1.29 is 13.2 Å². The Kier molecular flexibility index (Phi) is 4.25. The van der Waals surface area contributed by atoms with Crippen molar-refractivity contribution in [1.29, 1.82) is 0 Å². The third-order valence-electron chi connectivity index (χ3n) is 1.94. The summed E-state index contributed by atoms with van der Waals surface area (Å²) in [5.74, 6) is 0.00482. The van der Waals surface area contributed by atoms with E-state index < -0.39 is 10.0 Å². The summed E-state index contributed by atoms with van der Waals surface area (Å²) < 4.78 is 25.2. The molecule has 1 aromatic rings. The molecule has 0 amide bonds. The number of rotatable bonds is 5. The van der Waals surface area contributed by atoms with Gasteiger partial charge in [0.05, 0.1) is 11.4 Å². The molecule has 0 unspecified atom stereocenters. The number of anilines is 1. The standard InChI is InChI=1S/C11H12NO3S/c1-2-16(14,15)12-11-8-4-3-6-10(11)7-5-9-13/h3-8,12H,2H2,1H3/b7-5+. The van der Waals surface area contributed by atoms with Gasteiger partial charge >= 0.3 is 0 Å². The van der Waals surface area contributed by atoms with E-state index in [0.717, 1.165) is 0 Å². The number of hydrogen-bond acceptors (Lipinski definition) is 3. The van der Waals surface area contributed by atoms with Crippen molar-refractivity contribution >= 4 is 28.1 Å². The Bertz CT molecular complexity index is 492. The molecule has 0 atom stereocenters. The normalized spacial score (nSPS) is 11.6. The Labute approximate surface area is 95.0 Å². The van der Waals surface area contributed by atoms with Gasteiger partial charge in [0, 0.05) is 0 Å². The average molecular weight is 238 g/mol. The molecule has 1 N–H and O–H groups in total. The number of allylic oxidation sites excluding steroid dienone is 1. The lowest BCUT2D eigenvalue weighted by molar-refractivity contribution is 0.564. The first-order valence-corrected chi connectivity index (χ1v) is 6.38. The van der Waals surface area contributed by atoms with Gasteiger partial charge in [-0.15, -0.1) is 0 Å². The van der Waals surface area contributed by atoms with Crippen LogP contribution in [-0.4, -0.2) is 20.5 Å². The smallest absolute Gasteiger partial charge is 0.232 e. The summed E-state index contributed by atoms with van der Waals surface area (Å²) in [4.78, 5) is 10.1. The Hall–Kier alpha value is -1.62. The maximum absolute atomic E-state index is 11.4. The molecule has 4 nitrogen and oxygen atoms in total.